The molecular weight excluding hydrogens is 409 g/mol. The molecule has 0 spiro atoms. The standard InChI is InChI=1S/C21H18FN3O4S/c1-30(27,28)24-17-10-5-3-8-15(17)18-13-19(20-11-6-12-29-20)25(23-18)21(26)14-7-2-4-9-16(14)22/h2-12,19,24H,13H2,1H3. The van der Waals surface area contributed by atoms with Crippen molar-refractivity contribution in [1.29, 1.82) is 0 Å². The number of hydrogen-bond donors (Lipinski definition) is 1. The predicted molar refractivity (Wildman–Crippen MR) is 110 cm³/mol. The number of hydrazone groups is 1. The second-order valence-electron chi connectivity index (χ2n) is 6.83. The van der Waals surface area contributed by atoms with Crippen molar-refractivity contribution in [3.63, 3.8) is 0 Å². The topological polar surface area (TPSA) is 92.0 Å². The third kappa shape index (κ3) is 3.97. The molecule has 0 fully saturated rings. The molecule has 1 aliphatic rings. The molecule has 1 amide bonds. The highest BCUT2D eigenvalue weighted by molar-refractivity contribution is 7.92. The molecule has 0 saturated heterocycles. The van der Waals surface area contributed by atoms with Crippen molar-refractivity contribution in [3.8, 4) is 0 Å². The number of sulfonamides is 1. The largest absolute Gasteiger partial charge is 0.467 e. The van der Waals surface area contributed by atoms with Gasteiger partial charge in [0.1, 0.15) is 17.6 Å². The van der Waals surface area contributed by atoms with E-state index < -0.39 is 27.8 Å². The summed E-state index contributed by atoms with van der Waals surface area (Å²) in [4.78, 5) is 13.1. The fourth-order valence-electron chi connectivity index (χ4n) is 3.34. The molecular formula is C21H18FN3O4S. The Balaban J connectivity index is 1.77. The first-order valence-corrected chi connectivity index (χ1v) is 11.0. The van der Waals surface area contributed by atoms with E-state index in [1.165, 1.54) is 29.5 Å². The maximum atomic E-state index is 14.2. The van der Waals surface area contributed by atoms with Crippen LogP contribution in [0.4, 0.5) is 10.1 Å². The number of nitrogens with one attached hydrogen (secondary N) is 1. The number of carbonyl (C=O) groups excluding carboxylic acids is 1. The summed E-state index contributed by atoms with van der Waals surface area (Å²) in [5.74, 6) is -0.770. The predicted octanol–water partition coefficient (Wildman–Crippen LogP) is 3.78. The van der Waals surface area contributed by atoms with E-state index in [-0.39, 0.29) is 12.0 Å². The quantitative estimate of drug-likeness (QED) is 0.671. The number of amides is 1. The lowest BCUT2D eigenvalue weighted by Crippen LogP contribution is -2.27. The number of benzene rings is 2. The number of carbonyl (C=O) groups is 1. The van der Waals surface area contributed by atoms with Gasteiger partial charge in [-0.1, -0.05) is 30.3 Å². The summed E-state index contributed by atoms with van der Waals surface area (Å²) in [6.07, 6.45) is 2.81. The van der Waals surface area contributed by atoms with Gasteiger partial charge in [0.15, 0.2) is 0 Å². The Bertz CT molecular complexity index is 1220. The molecule has 1 N–H and O–H groups in total. The Morgan fingerprint density at radius 2 is 1.87 bits per heavy atom. The summed E-state index contributed by atoms with van der Waals surface area (Å²) in [5, 5.41) is 5.63. The van der Waals surface area contributed by atoms with Crippen LogP contribution in [0.15, 0.2) is 76.4 Å². The smallest absolute Gasteiger partial charge is 0.277 e. The molecule has 4 rings (SSSR count). The zero-order valence-electron chi connectivity index (χ0n) is 15.9. The molecule has 3 aromatic rings. The molecule has 9 heteroatoms. The minimum Gasteiger partial charge on any atom is -0.467 e. The van der Waals surface area contributed by atoms with Gasteiger partial charge in [-0.05, 0) is 30.3 Å². The van der Waals surface area contributed by atoms with Crippen molar-refractivity contribution in [3.05, 3.63) is 89.6 Å². The third-order valence-corrected chi connectivity index (χ3v) is 5.22. The number of furan rings is 1. The maximum Gasteiger partial charge on any atom is 0.277 e. The summed E-state index contributed by atoms with van der Waals surface area (Å²) in [7, 11) is -3.52. The van der Waals surface area contributed by atoms with E-state index in [0.29, 0.717) is 22.7 Å². The Labute approximate surface area is 172 Å². The highest BCUT2D eigenvalue weighted by Gasteiger charge is 2.36. The van der Waals surface area contributed by atoms with Gasteiger partial charge in [-0.25, -0.2) is 17.8 Å². The fraction of sp³-hybridized carbons (Fsp3) is 0.143. The van der Waals surface area contributed by atoms with Gasteiger partial charge in [-0.3, -0.25) is 9.52 Å². The van der Waals surface area contributed by atoms with Crippen LogP contribution >= 0.6 is 0 Å². The molecule has 30 heavy (non-hydrogen) atoms. The van der Waals surface area contributed by atoms with E-state index in [1.807, 2.05) is 0 Å². The summed E-state index contributed by atoms with van der Waals surface area (Å²) >= 11 is 0. The highest BCUT2D eigenvalue weighted by atomic mass is 32.2. The molecule has 1 atom stereocenters. The lowest BCUT2D eigenvalue weighted by molar-refractivity contribution is 0.0688. The molecule has 1 aromatic heterocycles. The Morgan fingerprint density at radius 1 is 1.13 bits per heavy atom. The van der Waals surface area contributed by atoms with Crippen molar-refractivity contribution in [1.82, 2.24) is 5.01 Å². The SMILES string of the molecule is CS(=O)(=O)Nc1ccccc1C1=NN(C(=O)c2ccccc2F)C(c2ccco2)C1. The molecule has 154 valence electrons. The second kappa shape index (κ2) is 7.75. The summed E-state index contributed by atoms with van der Waals surface area (Å²) in [6.45, 7) is 0. The number of rotatable bonds is 5. The van der Waals surface area contributed by atoms with Gasteiger partial charge < -0.3 is 4.42 Å². The number of anilines is 1. The molecule has 0 saturated carbocycles. The second-order valence-corrected chi connectivity index (χ2v) is 8.58. The number of para-hydroxylation sites is 1. The van der Waals surface area contributed by atoms with Gasteiger partial charge in [-0.2, -0.15) is 5.10 Å². The van der Waals surface area contributed by atoms with E-state index in [1.54, 1.807) is 42.5 Å². The summed E-state index contributed by atoms with van der Waals surface area (Å²) < 4.78 is 45.7. The van der Waals surface area contributed by atoms with Gasteiger partial charge in [0.2, 0.25) is 10.0 Å². The molecule has 0 bridgehead atoms. The lowest BCUT2D eigenvalue weighted by atomic mass is 10.0. The van der Waals surface area contributed by atoms with Gasteiger partial charge in [0.05, 0.1) is 29.5 Å². The average Bonchev–Trinajstić information content (AvgIpc) is 3.37. The molecule has 1 aliphatic heterocycles. The van der Waals surface area contributed by atoms with Gasteiger partial charge in [0.25, 0.3) is 5.91 Å². The van der Waals surface area contributed by atoms with Crippen molar-refractivity contribution >= 4 is 27.3 Å². The van der Waals surface area contributed by atoms with Gasteiger partial charge >= 0.3 is 0 Å². The van der Waals surface area contributed by atoms with Gasteiger partial charge in [0, 0.05) is 12.0 Å². The minimum absolute atomic E-state index is 0.110. The Hall–Kier alpha value is -3.46. The summed E-state index contributed by atoms with van der Waals surface area (Å²) in [5.41, 5.74) is 1.25. The third-order valence-electron chi connectivity index (χ3n) is 4.63. The zero-order valence-corrected chi connectivity index (χ0v) is 16.8. The lowest BCUT2D eigenvalue weighted by Gasteiger charge is -2.20. The van der Waals surface area contributed by atoms with Crippen LogP contribution in [0.1, 0.15) is 34.1 Å². The molecule has 1 unspecified atom stereocenters. The van der Waals surface area contributed by atoms with Crippen LogP contribution in [0.3, 0.4) is 0 Å². The normalized spacial score (nSPS) is 16.4. The van der Waals surface area contributed by atoms with Crippen LogP contribution in [0.5, 0.6) is 0 Å². The van der Waals surface area contributed by atoms with E-state index in [4.69, 9.17) is 4.42 Å². The molecule has 0 radical (unpaired) electrons. The van der Waals surface area contributed by atoms with E-state index in [9.17, 15) is 17.6 Å². The number of nitrogens with zero attached hydrogens (tertiary/aromatic N) is 2. The Kier molecular flexibility index (Phi) is 5.13. The van der Waals surface area contributed by atoms with Gasteiger partial charge in [-0.15, -0.1) is 0 Å². The van der Waals surface area contributed by atoms with Crippen molar-refractivity contribution < 1.29 is 22.0 Å². The first kappa shape index (κ1) is 19.8. The number of halogens is 1. The number of hydrogen-bond acceptors (Lipinski definition) is 5. The maximum absolute atomic E-state index is 14.2. The van der Waals surface area contributed by atoms with Crippen LogP contribution in [-0.4, -0.2) is 31.3 Å². The molecule has 0 aliphatic carbocycles. The van der Waals surface area contributed by atoms with E-state index in [0.717, 1.165) is 6.26 Å². The average molecular weight is 427 g/mol. The van der Waals surface area contributed by atoms with Crippen LogP contribution in [0.25, 0.3) is 0 Å². The van der Waals surface area contributed by atoms with Crippen molar-refractivity contribution in [2.75, 3.05) is 11.0 Å². The first-order valence-electron chi connectivity index (χ1n) is 9.09. The fourth-order valence-corrected chi connectivity index (χ4v) is 3.92. The molecule has 2 aromatic carbocycles. The van der Waals surface area contributed by atoms with Crippen LogP contribution < -0.4 is 4.72 Å². The van der Waals surface area contributed by atoms with Crippen molar-refractivity contribution in [2.45, 2.75) is 12.5 Å². The zero-order chi connectivity index (χ0) is 21.3. The monoisotopic (exact) mass is 427 g/mol. The first-order chi connectivity index (χ1) is 14.3. The van der Waals surface area contributed by atoms with E-state index in [2.05, 4.69) is 9.82 Å². The van der Waals surface area contributed by atoms with Crippen LogP contribution in [0.2, 0.25) is 0 Å². The molecule has 2 heterocycles. The van der Waals surface area contributed by atoms with Crippen LogP contribution in [0, 0.1) is 5.82 Å². The van der Waals surface area contributed by atoms with E-state index >= 15 is 0 Å². The van der Waals surface area contributed by atoms with Crippen molar-refractivity contribution in [2.24, 2.45) is 5.10 Å². The Morgan fingerprint density at radius 3 is 2.57 bits per heavy atom. The minimum atomic E-state index is -3.52. The highest BCUT2D eigenvalue weighted by Crippen LogP contribution is 2.36. The summed E-state index contributed by atoms with van der Waals surface area (Å²) in [6, 6.07) is 15.3. The van der Waals surface area contributed by atoms with Crippen LogP contribution in [-0.2, 0) is 10.0 Å². The molecule has 7 nitrogen and oxygen atoms in total.